The van der Waals surface area contributed by atoms with Crippen LogP contribution in [0.2, 0.25) is 0 Å². The second kappa shape index (κ2) is 12.5. The third-order valence-corrected chi connectivity index (χ3v) is 8.02. The van der Waals surface area contributed by atoms with Crippen molar-refractivity contribution in [2.24, 2.45) is 0 Å². The zero-order chi connectivity index (χ0) is 24.6. The van der Waals surface area contributed by atoms with Gasteiger partial charge in [-0.3, -0.25) is 9.69 Å². The summed E-state index contributed by atoms with van der Waals surface area (Å²) in [7, 11) is 1.66. The fourth-order valence-electron chi connectivity index (χ4n) is 3.67. The van der Waals surface area contributed by atoms with Gasteiger partial charge < -0.3 is 4.74 Å². The quantitative estimate of drug-likeness (QED) is 0.121. The molecular formula is C27H29N3O2S3. The maximum Gasteiger partial charge on any atom is 0.266 e. The molecule has 8 heteroatoms. The Morgan fingerprint density at radius 3 is 2.60 bits per heavy atom. The molecule has 3 aromatic rings. The lowest BCUT2D eigenvalue weighted by Crippen LogP contribution is -2.29. The number of rotatable bonds is 11. The maximum atomic E-state index is 13.1. The highest BCUT2D eigenvalue weighted by Crippen LogP contribution is 2.35. The normalized spacial score (nSPS) is 14.9. The number of benzene rings is 2. The molecule has 1 aromatic heterocycles. The van der Waals surface area contributed by atoms with E-state index in [4.69, 9.17) is 22.1 Å². The smallest absolute Gasteiger partial charge is 0.266 e. The number of unbranched alkanes of at least 4 members (excludes halogenated alkanes) is 1. The van der Waals surface area contributed by atoms with Gasteiger partial charge in [0.2, 0.25) is 0 Å². The minimum Gasteiger partial charge on any atom is -0.385 e. The number of ether oxygens (including phenoxy) is 1. The standard InChI is InChI=1S/C27H29N3O2S3/c1-3-4-17-34-23-13-11-20(12-14-23)25-21(19-30(28-25)22-9-6-5-7-10-22)18-24-26(31)29(27(33)35-24)15-8-16-32-2/h5-7,9-14,18-19H,3-4,8,15-17H2,1-2H3/b24-18-. The molecule has 1 saturated heterocycles. The van der Waals surface area contributed by atoms with Crippen LogP contribution in [0.4, 0.5) is 0 Å². The van der Waals surface area contributed by atoms with E-state index in [1.54, 1.807) is 12.0 Å². The first-order valence-electron chi connectivity index (χ1n) is 11.7. The second-order valence-corrected chi connectivity index (χ2v) is 11.0. The number of carbonyl (C=O) groups is 1. The molecule has 0 unspecified atom stereocenters. The summed E-state index contributed by atoms with van der Waals surface area (Å²) in [6, 6.07) is 18.5. The number of aromatic nitrogens is 2. The number of methoxy groups -OCH3 is 1. The molecular weight excluding hydrogens is 495 g/mol. The number of amides is 1. The predicted molar refractivity (Wildman–Crippen MR) is 151 cm³/mol. The van der Waals surface area contributed by atoms with E-state index in [2.05, 4.69) is 31.2 Å². The summed E-state index contributed by atoms with van der Waals surface area (Å²) in [4.78, 5) is 16.6. The molecule has 0 N–H and O–H groups in total. The summed E-state index contributed by atoms with van der Waals surface area (Å²) in [6.45, 7) is 3.36. The highest BCUT2D eigenvalue weighted by molar-refractivity contribution is 8.26. The third-order valence-electron chi connectivity index (χ3n) is 5.55. The summed E-state index contributed by atoms with van der Waals surface area (Å²) in [5.74, 6) is 1.06. The van der Waals surface area contributed by atoms with Crippen LogP contribution in [-0.2, 0) is 9.53 Å². The second-order valence-electron chi connectivity index (χ2n) is 8.12. The van der Waals surface area contributed by atoms with E-state index < -0.39 is 0 Å². The summed E-state index contributed by atoms with van der Waals surface area (Å²) >= 11 is 8.71. The highest BCUT2D eigenvalue weighted by Gasteiger charge is 2.32. The van der Waals surface area contributed by atoms with Crippen LogP contribution in [0.5, 0.6) is 0 Å². The molecule has 4 rings (SSSR count). The van der Waals surface area contributed by atoms with E-state index >= 15 is 0 Å². The van der Waals surface area contributed by atoms with Crippen molar-refractivity contribution >= 4 is 52.0 Å². The van der Waals surface area contributed by atoms with E-state index in [-0.39, 0.29) is 5.91 Å². The Morgan fingerprint density at radius 1 is 1.11 bits per heavy atom. The fraction of sp³-hybridized carbons (Fsp3) is 0.296. The van der Waals surface area contributed by atoms with E-state index in [0.717, 1.165) is 34.7 Å². The van der Waals surface area contributed by atoms with Crippen molar-refractivity contribution in [1.82, 2.24) is 14.7 Å². The minimum atomic E-state index is -0.0582. The van der Waals surface area contributed by atoms with Gasteiger partial charge in [-0.05, 0) is 48.9 Å². The molecule has 1 aliphatic rings. The highest BCUT2D eigenvalue weighted by atomic mass is 32.2. The zero-order valence-electron chi connectivity index (χ0n) is 20.0. The maximum absolute atomic E-state index is 13.1. The van der Waals surface area contributed by atoms with Crippen LogP contribution in [0, 0.1) is 0 Å². The molecule has 0 spiro atoms. The zero-order valence-corrected chi connectivity index (χ0v) is 22.4. The number of para-hydroxylation sites is 1. The Kier molecular flexibility index (Phi) is 9.20. The van der Waals surface area contributed by atoms with Crippen molar-refractivity contribution in [3.63, 3.8) is 0 Å². The van der Waals surface area contributed by atoms with Crippen molar-refractivity contribution < 1.29 is 9.53 Å². The Balaban J connectivity index is 1.65. The number of carbonyl (C=O) groups excluding carboxylic acids is 1. The van der Waals surface area contributed by atoms with Gasteiger partial charge in [0.1, 0.15) is 4.32 Å². The molecule has 1 aliphatic heterocycles. The average Bonchev–Trinajstić information content (AvgIpc) is 3.41. The van der Waals surface area contributed by atoms with E-state index in [9.17, 15) is 4.79 Å². The topological polar surface area (TPSA) is 47.4 Å². The largest absolute Gasteiger partial charge is 0.385 e. The summed E-state index contributed by atoms with van der Waals surface area (Å²) in [5.41, 5.74) is 3.70. The first-order valence-corrected chi connectivity index (χ1v) is 13.9. The van der Waals surface area contributed by atoms with Gasteiger partial charge in [0.15, 0.2) is 0 Å². The SMILES string of the molecule is CCCCSc1ccc(-c2nn(-c3ccccc3)cc2/C=C2\SC(=S)N(CCCOC)C2=O)cc1. The number of hydrogen-bond acceptors (Lipinski definition) is 6. The first-order chi connectivity index (χ1) is 17.1. The molecule has 2 heterocycles. The molecule has 0 radical (unpaired) electrons. The van der Waals surface area contributed by atoms with E-state index in [1.807, 2.05) is 59.0 Å². The lowest BCUT2D eigenvalue weighted by molar-refractivity contribution is -0.122. The first kappa shape index (κ1) is 25.7. The summed E-state index contributed by atoms with van der Waals surface area (Å²) in [6.07, 6.45) is 7.05. The van der Waals surface area contributed by atoms with Crippen molar-refractivity contribution in [1.29, 1.82) is 0 Å². The van der Waals surface area contributed by atoms with E-state index in [1.165, 1.54) is 29.5 Å². The summed E-state index contributed by atoms with van der Waals surface area (Å²) in [5, 5.41) is 4.90. The van der Waals surface area contributed by atoms with Gasteiger partial charge >= 0.3 is 0 Å². The van der Waals surface area contributed by atoms with Gasteiger partial charge in [-0.1, -0.05) is 67.7 Å². The number of nitrogens with zero attached hydrogens (tertiary/aromatic N) is 3. The Labute approximate surface area is 220 Å². The third kappa shape index (κ3) is 6.44. The van der Waals surface area contributed by atoms with Crippen molar-refractivity contribution in [2.45, 2.75) is 31.1 Å². The monoisotopic (exact) mass is 523 g/mol. The van der Waals surface area contributed by atoms with Crippen LogP contribution in [0.25, 0.3) is 23.0 Å². The van der Waals surface area contributed by atoms with Gasteiger partial charge in [0.25, 0.3) is 5.91 Å². The van der Waals surface area contributed by atoms with Crippen LogP contribution >= 0.6 is 35.7 Å². The minimum absolute atomic E-state index is 0.0582. The van der Waals surface area contributed by atoms with Crippen LogP contribution in [0.3, 0.4) is 0 Å². The molecule has 1 fully saturated rings. The van der Waals surface area contributed by atoms with Gasteiger partial charge in [0.05, 0.1) is 16.3 Å². The molecule has 0 aliphatic carbocycles. The number of hydrogen-bond donors (Lipinski definition) is 0. The molecule has 0 saturated carbocycles. The predicted octanol–water partition coefficient (Wildman–Crippen LogP) is 6.67. The van der Waals surface area contributed by atoms with Crippen molar-refractivity contribution in [3.8, 4) is 16.9 Å². The molecule has 1 amide bonds. The molecule has 0 bridgehead atoms. The molecule has 0 atom stereocenters. The van der Waals surface area contributed by atoms with Crippen LogP contribution in [0.15, 0.2) is 70.6 Å². The lowest BCUT2D eigenvalue weighted by Gasteiger charge is -2.13. The van der Waals surface area contributed by atoms with Crippen molar-refractivity contribution in [3.05, 3.63) is 71.3 Å². The van der Waals surface area contributed by atoms with Gasteiger partial charge in [0, 0.05) is 42.5 Å². The molecule has 35 heavy (non-hydrogen) atoms. The van der Waals surface area contributed by atoms with Gasteiger partial charge in [-0.15, -0.1) is 11.8 Å². The Bertz CT molecular complexity index is 1190. The van der Waals surface area contributed by atoms with Crippen molar-refractivity contribution in [2.75, 3.05) is 26.0 Å². The van der Waals surface area contributed by atoms with Gasteiger partial charge in [-0.2, -0.15) is 5.10 Å². The lowest BCUT2D eigenvalue weighted by atomic mass is 10.1. The van der Waals surface area contributed by atoms with Crippen LogP contribution in [-0.4, -0.2) is 50.9 Å². The van der Waals surface area contributed by atoms with E-state index in [0.29, 0.717) is 22.4 Å². The Hall–Kier alpha value is -2.39. The molecule has 2 aromatic carbocycles. The summed E-state index contributed by atoms with van der Waals surface area (Å²) < 4.78 is 7.58. The Morgan fingerprint density at radius 2 is 1.89 bits per heavy atom. The number of thioether (sulfide) groups is 2. The van der Waals surface area contributed by atoms with Crippen LogP contribution in [0.1, 0.15) is 31.7 Å². The molecule has 5 nitrogen and oxygen atoms in total. The number of thiocarbonyl (C=S) groups is 1. The molecule has 182 valence electrons. The average molecular weight is 524 g/mol. The fourth-order valence-corrected chi connectivity index (χ4v) is 5.97. The van der Waals surface area contributed by atoms with Crippen LogP contribution < -0.4 is 0 Å². The van der Waals surface area contributed by atoms with Gasteiger partial charge in [-0.25, -0.2) is 4.68 Å².